The number of aliphatic carboxylic acids is 1. The van der Waals surface area contributed by atoms with E-state index in [1.807, 2.05) is 30.5 Å². The molecule has 1 fully saturated rings. The monoisotopic (exact) mass is 270 g/mol. The highest BCUT2D eigenvalue weighted by Crippen LogP contribution is 2.34. The predicted molar refractivity (Wildman–Crippen MR) is 79.5 cm³/mol. The summed E-state index contributed by atoms with van der Waals surface area (Å²) >= 11 is 0. The lowest BCUT2D eigenvalue weighted by Crippen LogP contribution is -2.28. The van der Waals surface area contributed by atoms with Crippen molar-refractivity contribution >= 4 is 22.4 Å². The van der Waals surface area contributed by atoms with Crippen molar-refractivity contribution in [3.05, 3.63) is 42.1 Å². The SMILES string of the molecule is O=C(O)/C=C(/c1c[nH]c2ccccc12)C1CCNCC1. The van der Waals surface area contributed by atoms with Gasteiger partial charge in [-0.15, -0.1) is 0 Å². The van der Waals surface area contributed by atoms with Gasteiger partial charge in [-0.3, -0.25) is 0 Å². The number of carboxylic acid groups (broad SMARTS) is 1. The van der Waals surface area contributed by atoms with E-state index in [0.717, 1.165) is 48.0 Å². The van der Waals surface area contributed by atoms with Gasteiger partial charge in [0.15, 0.2) is 0 Å². The van der Waals surface area contributed by atoms with Gasteiger partial charge in [-0.25, -0.2) is 4.79 Å². The van der Waals surface area contributed by atoms with Crippen molar-refractivity contribution in [1.82, 2.24) is 10.3 Å². The number of fused-ring (bicyclic) bond motifs is 1. The molecular formula is C16H18N2O2. The van der Waals surface area contributed by atoms with Gasteiger partial charge < -0.3 is 15.4 Å². The first kappa shape index (κ1) is 12.9. The minimum absolute atomic E-state index is 0.312. The second kappa shape index (κ2) is 5.51. The third-order valence-electron chi connectivity index (χ3n) is 3.96. The fraction of sp³-hybridized carbons (Fsp3) is 0.312. The molecule has 0 bridgehead atoms. The Morgan fingerprint density at radius 2 is 2.00 bits per heavy atom. The van der Waals surface area contributed by atoms with E-state index in [1.165, 1.54) is 6.08 Å². The van der Waals surface area contributed by atoms with Crippen molar-refractivity contribution in [1.29, 1.82) is 0 Å². The number of hydrogen-bond donors (Lipinski definition) is 3. The van der Waals surface area contributed by atoms with Gasteiger partial charge >= 0.3 is 5.97 Å². The van der Waals surface area contributed by atoms with Crippen LogP contribution in [0.3, 0.4) is 0 Å². The number of aromatic amines is 1. The van der Waals surface area contributed by atoms with Crippen LogP contribution in [0.15, 0.2) is 36.5 Å². The lowest BCUT2D eigenvalue weighted by molar-refractivity contribution is -0.131. The zero-order valence-electron chi connectivity index (χ0n) is 11.2. The molecule has 0 amide bonds. The third-order valence-corrected chi connectivity index (χ3v) is 3.96. The molecule has 0 aliphatic carbocycles. The van der Waals surface area contributed by atoms with Crippen molar-refractivity contribution in [2.24, 2.45) is 5.92 Å². The number of aromatic nitrogens is 1. The van der Waals surface area contributed by atoms with E-state index >= 15 is 0 Å². The van der Waals surface area contributed by atoms with Gasteiger partial charge in [-0.1, -0.05) is 18.2 Å². The number of para-hydroxylation sites is 1. The van der Waals surface area contributed by atoms with E-state index in [2.05, 4.69) is 10.3 Å². The summed E-state index contributed by atoms with van der Waals surface area (Å²) in [6, 6.07) is 8.02. The van der Waals surface area contributed by atoms with Crippen LogP contribution < -0.4 is 5.32 Å². The van der Waals surface area contributed by atoms with Gasteiger partial charge in [-0.05, 0) is 43.5 Å². The lowest BCUT2D eigenvalue weighted by Gasteiger charge is -2.25. The van der Waals surface area contributed by atoms with Crippen LogP contribution in [0.25, 0.3) is 16.5 Å². The molecule has 20 heavy (non-hydrogen) atoms. The standard InChI is InChI=1S/C16H18N2O2/c19-16(20)9-13(11-5-7-17-8-6-11)14-10-18-15-4-2-1-3-12(14)15/h1-4,9-11,17-18H,5-8H2,(H,19,20)/b13-9+. The maximum absolute atomic E-state index is 11.2. The fourth-order valence-electron chi connectivity index (χ4n) is 2.99. The molecule has 1 aromatic heterocycles. The van der Waals surface area contributed by atoms with Crippen molar-refractivity contribution in [3.63, 3.8) is 0 Å². The molecule has 4 nitrogen and oxygen atoms in total. The summed E-state index contributed by atoms with van der Waals surface area (Å²) in [5, 5.41) is 13.6. The molecular weight excluding hydrogens is 252 g/mol. The van der Waals surface area contributed by atoms with Crippen LogP contribution in [0.4, 0.5) is 0 Å². The first-order valence-corrected chi connectivity index (χ1v) is 6.97. The number of allylic oxidation sites excluding steroid dienone is 1. The number of carbonyl (C=O) groups is 1. The van der Waals surface area contributed by atoms with Gasteiger partial charge in [0.05, 0.1) is 0 Å². The minimum Gasteiger partial charge on any atom is -0.478 e. The second-order valence-corrected chi connectivity index (χ2v) is 5.21. The molecule has 2 heterocycles. The van der Waals surface area contributed by atoms with Crippen molar-refractivity contribution in [3.8, 4) is 0 Å². The van der Waals surface area contributed by atoms with E-state index in [4.69, 9.17) is 0 Å². The van der Waals surface area contributed by atoms with Crippen LogP contribution in [0, 0.1) is 5.92 Å². The van der Waals surface area contributed by atoms with Crippen LogP contribution >= 0.6 is 0 Å². The Morgan fingerprint density at radius 3 is 2.75 bits per heavy atom. The predicted octanol–water partition coefficient (Wildman–Crippen LogP) is 2.64. The number of piperidine rings is 1. The Labute approximate surface area is 117 Å². The fourth-order valence-corrected chi connectivity index (χ4v) is 2.99. The van der Waals surface area contributed by atoms with Gasteiger partial charge in [-0.2, -0.15) is 0 Å². The molecule has 3 N–H and O–H groups in total. The molecule has 1 aromatic carbocycles. The molecule has 0 unspecified atom stereocenters. The molecule has 1 aliphatic heterocycles. The molecule has 1 saturated heterocycles. The van der Waals surface area contributed by atoms with Crippen LogP contribution in [0.5, 0.6) is 0 Å². The largest absolute Gasteiger partial charge is 0.478 e. The highest BCUT2D eigenvalue weighted by Gasteiger charge is 2.21. The van der Waals surface area contributed by atoms with E-state index in [9.17, 15) is 9.90 Å². The molecule has 0 spiro atoms. The maximum atomic E-state index is 11.2. The van der Waals surface area contributed by atoms with Crippen molar-refractivity contribution in [2.75, 3.05) is 13.1 Å². The van der Waals surface area contributed by atoms with E-state index in [0.29, 0.717) is 5.92 Å². The average molecular weight is 270 g/mol. The molecule has 104 valence electrons. The summed E-state index contributed by atoms with van der Waals surface area (Å²) < 4.78 is 0. The highest BCUT2D eigenvalue weighted by atomic mass is 16.4. The summed E-state index contributed by atoms with van der Waals surface area (Å²) in [4.78, 5) is 14.4. The van der Waals surface area contributed by atoms with Gasteiger partial charge in [0, 0.05) is 28.7 Å². The zero-order valence-corrected chi connectivity index (χ0v) is 11.2. The van der Waals surface area contributed by atoms with Crippen LogP contribution in [-0.4, -0.2) is 29.1 Å². The summed E-state index contributed by atoms with van der Waals surface area (Å²) in [6.07, 6.45) is 5.28. The Balaban J connectivity index is 2.07. The summed E-state index contributed by atoms with van der Waals surface area (Å²) in [6.45, 7) is 1.90. The summed E-state index contributed by atoms with van der Waals surface area (Å²) in [5.41, 5.74) is 3.01. The highest BCUT2D eigenvalue weighted by molar-refractivity contribution is 5.98. The van der Waals surface area contributed by atoms with E-state index in [1.54, 1.807) is 0 Å². The normalized spacial score (nSPS) is 17.5. The third kappa shape index (κ3) is 2.47. The topological polar surface area (TPSA) is 65.1 Å². The quantitative estimate of drug-likeness (QED) is 0.751. The van der Waals surface area contributed by atoms with Crippen LogP contribution in [-0.2, 0) is 4.79 Å². The first-order valence-electron chi connectivity index (χ1n) is 6.97. The summed E-state index contributed by atoms with van der Waals surface area (Å²) in [7, 11) is 0. The van der Waals surface area contributed by atoms with E-state index in [-0.39, 0.29) is 0 Å². The average Bonchev–Trinajstić information content (AvgIpc) is 2.89. The van der Waals surface area contributed by atoms with Gasteiger partial charge in [0.2, 0.25) is 0 Å². The van der Waals surface area contributed by atoms with Crippen molar-refractivity contribution in [2.45, 2.75) is 12.8 Å². The smallest absolute Gasteiger partial charge is 0.328 e. The number of nitrogens with one attached hydrogen (secondary N) is 2. The van der Waals surface area contributed by atoms with Crippen molar-refractivity contribution < 1.29 is 9.90 Å². The summed E-state index contributed by atoms with van der Waals surface area (Å²) in [5.74, 6) is -0.560. The van der Waals surface area contributed by atoms with Crippen LogP contribution in [0.2, 0.25) is 0 Å². The Kier molecular flexibility index (Phi) is 3.56. The Bertz CT molecular complexity index is 651. The molecule has 2 aromatic rings. The number of H-pyrrole nitrogens is 1. The minimum atomic E-state index is -0.871. The number of carboxylic acids is 1. The van der Waals surface area contributed by atoms with Crippen LogP contribution in [0.1, 0.15) is 18.4 Å². The molecule has 4 heteroatoms. The number of rotatable bonds is 3. The Hall–Kier alpha value is -2.07. The molecule has 3 rings (SSSR count). The maximum Gasteiger partial charge on any atom is 0.328 e. The molecule has 0 atom stereocenters. The molecule has 0 radical (unpaired) electrons. The molecule has 0 saturated carbocycles. The zero-order chi connectivity index (χ0) is 13.9. The Morgan fingerprint density at radius 1 is 1.25 bits per heavy atom. The van der Waals surface area contributed by atoms with Gasteiger partial charge in [0.25, 0.3) is 0 Å². The number of hydrogen-bond acceptors (Lipinski definition) is 2. The second-order valence-electron chi connectivity index (χ2n) is 5.21. The van der Waals surface area contributed by atoms with Gasteiger partial charge in [0.1, 0.15) is 0 Å². The first-order chi connectivity index (χ1) is 9.75. The van der Waals surface area contributed by atoms with E-state index < -0.39 is 5.97 Å². The number of benzene rings is 1. The molecule has 1 aliphatic rings. The lowest BCUT2D eigenvalue weighted by atomic mass is 9.85.